The van der Waals surface area contributed by atoms with Crippen molar-refractivity contribution in [3.8, 4) is 0 Å². The van der Waals surface area contributed by atoms with Gasteiger partial charge in [-0.25, -0.2) is 4.39 Å². The van der Waals surface area contributed by atoms with Crippen molar-refractivity contribution in [3.63, 3.8) is 0 Å². The third-order valence-electron chi connectivity index (χ3n) is 3.27. The number of hydrogen-bond acceptors (Lipinski definition) is 2. The molecule has 106 valence electrons. The fourth-order valence-corrected chi connectivity index (χ4v) is 1.86. The maximum absolute atomic E-state index is 13.5. The van der Waals surface area contributed by atoms with Crippen molar-refractivity contribution in [2.45, 2.75) is 40.3 Å². The minimum atomic E-state index is -0.153. The second-order valence-corrected chi connectivity index (χ2v) is 5.25. The van der Waals surface area contributed by atoms with E-state index in [9.17, 15) is 9.18 Å². The number of likely N-dealkylation sites (N-methyl/N-ethyl adjacent to an activating group) is 1. The maximum Gasteiger partial charge on any atom is 0.236 e. The van der Waals surface area contributed by atoms with Gasteiger partial charge < -0.3 is 10.2 Å². The monoisotopic (exact) mass is 266 g/mol. The Hall–Kier alpha value is -1.42. The largest absolute Gasteiger partial charge is 0.342 e. The topological polar surface area (TPSA) is 32.3 Å². The third-order valence-corrected chi connectivity index (χ3v) is 3.27. The Kier molecular flexibility index (Phi) is 5.48. The van der Waals surface area contributed by atoms with Crippen molar-refractivity contribution in [2.75, 3.05) is 13.6 Å². The SMILES string of the molecule is Cc1cc(CNCC(=O)N(C)C(C)C)cc(C)c1F. The summed E-state index contributed by atoms with van der Waals surface area (Å²) in [5.41, 5.74) is 2.28. The quantitative estimate of drug-likeness (QED) is 0.887. The number of halogens is 1. The van der Waals surface area contributed by atoms with Crippen LogP contribution >= 0.6 is 0 Å². The smallest absolute Gasteiger partial charge is 0.236 e. The van der Waals surface area contributed by atoms with Gasteiger partial charge in [0.1, 0.15) is 5.82 Å². The molecule has 0 aromatic heterocycles. The van der Waals surface area contributed by atoms with E-state index in [1.807, 2.05) is 26.0 Å². The summed E-state index contributed by atoms with van der Waals surface area (Å²) in [5, 5.41) is 3.10. The van der Waals surface area contributed by atoms with Gasteiger partial charge in [0.25, 0.3) is 0 Å². The van der Waals surface area contributed by atoms with E-state index in [0.717, 1.165) is 5.56 Å². The minimum absolute atomic E-state index is 0.0607. The predicted octanol–water partition coefficient (Wildman–Crippen LogP) is 2.40. The molecule has 1 N–H and O–H groups in total. The zero-order chi connectivity index (χ0) is 14.6. The molecule has 1 aromatic carbocycles. The van der Waals surface area contributed by atoms with Gasteiger partial charge in [-0.3, -0.25) is 4.79 Å². The lowest BCUT2D eigenvalue weighted by atomic mass is 10.1. The van der Waals surface area contributed by atoms with E-state index in [2.05, 4.69) is 5.32 Å². The number of carbonyl (C=O) groups is 1. The zero-order valence-corrected chi connectivity index (χ0v) is 12.4. The van der Waals surface area contributed by atoms with Gasteiger partial charge in [0.2, 0.25) is 5.91 Å². The second-order valence-electron chi connectivity index (χ2n) is 5.25. The van der Waals surface area contributed by atoms with Crippen LogP contribution in [0.25, 0.3) is 0 Å². The Morgan fingerprint density at radius 2 is 1.84 bits per heavy atom. The molecule has 0 aliphatic rings. The summed E-state index contributed by atoms with van der Waals surface area (Å²) in [6.07, 6.45) is 0. The molecule has 0 saturated heterocycles. The highest BCUT2D eigenvalue weighted by Crippen LogP contribution is 2.14. The molecule has 0 atom stereocenters. The van der Waals surface area contributed by atoms with Crippen LogP contribution < -0.4 is 5.32 Å². The van der Waals surface area contributed by atoms with Crippen LogP contribution in [0.3, 0.4) is 0 Å². The van der Waals surface area contributed by atoms with E-state index in [1.165, 1.54) is 0 Å². The Bertz CT molecular complexity index is 434. The molecule has 0 heterocycles. The highest BCUT2D eigenvalue weighted by molar-refractivity contribution is 5.78. The average molecular weight is 266 g/mol. The van der Waals surface area contributed by atoms with Crippen LogP contribution in [-0.4, -0.2) is 30.4 Å². The Labute approximate surface area is 114 Å². The summed E-state index contributed by atoms with van der Waals surface area (Å²) in [5.74, 6) is -0.0927. The third kappa shape index (κ3) is 4.31. The number of nitrogens with one attached hydrogen (secondary N) is 1. The van der Waals surface area contributed by atoms with Gasteiger partial charge in [-0.05, 0) is 44.4 Å². The van der Waals surface area contributed by atoms with Crippen molar-refractivity contribution >= 4 is 5.91 Å². The molecule has 1 aromatic rings. The van der Waals surface area contributed by atoms with Crippen LogP contribution in [0.2, 0.25) is 0 Å². The number of hydrogen-bond donors (Lipinski definition) is 1. The lowest BCUT2D eigenvalue weighted by Gasteiger charge is -2.21. The summed E-state index contributed by atoms with van der Waals surface area (Å²) in [4.78, 5) is 13.5. The highest BCUT2D eigenvalue weighted by atomic mass is 19.1. The molecule has 0 aliphatic heterocycles. The standard InChI is InChI=1S/C15H23FN2O/c1-10(2)18(5)14(19)9-17-8-13-6-11(3)15(16)12(4)7-13/h6-7,10,17H,8-9H2,1-5H3. The molecule has 1 rings (SSSR count). The van der Waals surface area contributed by atoms with Gasteiger partial charge in [0.15, 0.2) is 0 Å². The van der Waals surface area contributed by atoms with Crippen LogP contribution in [0.4, 0.5) is 4.39 Å². The van der Waals surface area contributed by atoms with Crippen molar-refractivity contribution in [1.82, 2.24) is 10.2 Å². The zero-order valence-electron chi connectivity index (χ0n) is 12.4. The van der Waals surface area contributed by atoms with E-state index >= 15 is 0 Å². The Morgan fingerprint density at radius 1 is 1.32 bits per heavy atom. The van der Waals surface area contributed by atoms with Crippen LogP contribution in [0.5, 0.6) is 0 Å². The van der Waals surface area contributed by atoms with Crippen molar-refractivity contribution in [2.24, 2.45) is 0 Å². The fraction of sp³-hybridized carbons (Fsp3) is 0.533. The highest BCUT2D eigenvalue weighted by Gasteiger charge is 2.11. The predicted molar refractivity (Wildman–Crippen MR) is 75.5 cm³/mol. The number of nitrogens with zero attached hydrogens (tertiary/aromatic N) is 1. The maximum atomic E-state index is 13.5. The second kappa shape index (κ2) is 6.66. The lowest BCUT2D eigenvalue weighted by molar-refractivity contribution is -0.130. The van der Waals surface area contributed by atoms with Gasteiger partial charge in [0.05, 0.1) is 6.54 Å². The van der Waals surface area contributed by atoms with Crippen molar-refractivity contribution in [3.05, 3.63) is 34.6 Å². The number of aryl methyl sites for hydroxylation is 2. The van der Waals surface area contributed by atoms with E-state index in [-0.39, 0.29) is 17.8 Å². The molecule has 3 nitrogen and oxygen atoms in total. The molecule has 19 heavy (non-hydrogen) atoms. The van der Waals surface area contributed by atoms with E-state index < -0.39 is 0 Å². The number of amides is 1. The average Bonchev–Trinajstić information content (AvgIpc) is 2.34. The molecule has 0 radical (unpaired) electrons. The first-order valence-corrected chi connectivity index (χ1v) is 6.55. The fourth-order valence-electron chi connectivity index (χ4n) is 1.86. The molecule has 0 unspecified atom stereocenters. The van der Waals surface area contributed by atoms with Crippen LogP contribution in [0, 0.1) is 19.7 Å². The van der Waals surface area contributed by atoms with Gasteiger partial charge in [-0.2, -0.15) is 0 Å². The summed E-state index contributed by atoms with van der Waals surface area (Å²) in [6, 6.07) is 3.82. The Morgan fingerprint density at radius 3 is 2.32 bits per heavy atom. The van der Waals surface area contributed by atoms with Gasteiger partial charge in [-0.1, -0.05) is 12.1 Å². The van der Waals surface area contributed by atoms with E-state index in [1.54, 1.807) is 25.8 Å². The number of carbonyl (C=O) groups excluding carboxylic acids is 1. The first kappa shape index (κ1) is 15.6. The van der Waals surface area contributed by atoms with Crippen molar-refractivity contribution in [1.29, 1.82) is 0 Å². The molecular weight excluding hydrogens is 243 g/mol. The van der Waals surface area contributed by atoms with Crippen LogP contribution in [0.1, 0.15) is 30.5 Å². The van der Waals surface area contributed by atoms with Crippen LogP contribution in [0.15, 0.2) is 12.1 Å². The van der Waals surface area contributed by atoms with E-state index in [0.29, 0.717) is 24.2 Å². The van der Waals surface area contributed by atoms with Gasteiger partial charge in [0, 0.05) is 19.6 Å². The first-order valence-electron chi connectivity index (χ1n) is 6.55. The van der Waals surface area contributed by atoms with E-state index in [4.69, 9.17) is 0 Å². The summed E-state index contributed by atoms with van der Waals surface area (Å²) in [7, 11) is 1.79. The minimum Gasteiger partial charge on any atom is -0.342 e. The molecule has 4 heteroatoms. The number of benzene rings is 1. The van der Waals surface area contributed by atoms with Gasteiger partial charge >= 0.3 is 0 Å². The van der Waals surface area contributed by atoms with Crippen LogP contribution in [-0.2, 0) is 11.3 Å². The molecule has 0 fully saturated rings. The number of rotatable bonds is 5. The molecule has 1 amide bonds. The molecule has 0 aliphatic carbocycles. The summed E-state index contributed by atoms with van der Waals surface area (Å²) < 4.78 is 13.5. The lowest BCUT2D eigenvalue weighted by Crippen LogP contribution is -2.39. The Balaban J connectivity index is 2.52. The normalized spacial score (nSPS) is 10.9. The van der Waals surface area contributed by atoms with Crippen molar-refractivity contribution < 1.29 is 9.18 Å². The summed E-state index contributed by atoms with van der Waals surface area (Å²) >= 11 is 0. The molecule has 0 bridgehead atoms. The van der Waals surface area contributed by atoms with Gasteiger partial charge in [-0.15, -0.1) is 0 Å². The molecule has 0 saturated carbocycles. The molecule has 0 spiro atoms. The molecular formula is C15H23FN2O. The first-order chi connectivity index (χ1) is 8.82. The summed E-state index contributed by atoms with van der Waals surface area (Å²) in [6.45, 7) is 8.33.